The number of amides is 1. The number of hydrogen-bond acceptors (Lipinski definition) is 8. The Balaban J connectivity index is 1.36. The zero-order valence-electron chi connectivity index (χ0n) is 21.2. The monoisotopic (exact) mass is 553 g/mol. The van der Waals surface area contributed by atoms with Gasteiger partial charge >= 0.3 is 0 Å². The highest BCUT2D eigenvalue weighted by molar-refractivity contribution is 7.89. The van der Waals surface area contributed by atoms with Crippen LogP contribution in [0.4, 0.5) is 5.82 Å². The van der Waals surface area contributed by atoms with Crippen LogP contribution in [-0.4, -0.2) is 60.7 Å². The number of carbonyl (C=O) groups is 1. The first kappa shape index (κ1) is 25.9. The number of anilines is 1. The highest BCUT2D eigenvalue weighted by Crippen LogP contribution is 2.33. The summed E-state index contributed by atoms with van der Waals surface area (Å²) in [5, 5.41) is 9.86. The summed E-state index contributed by atoms with van der Waals surface area (Å²) in [6.07, 6.45) is 1.73. The summed E-state index contributed by atoms with van der Waals surface area (Å²) >= 11 is 1.38. The zero-order chi connectivity index (χ0) is 26.9. The van der Waals surface area contributed by atoms with Crippen LogP contribution >= 0.6 is 11.3 Å². The Hall–Kier alpha value is -3.74. The summed E-state index contributed by atoms with van der Waals surface area (Å²) in [7, 11) is -0.381. The average Bonchev–Trinajstić information content (AvgIpc) is 3.70. The molecule has 0 unspecified atom stereocenters. The molecular formula is C26H27N5O5S2. The smallest absolute Gasteiger partial charge is 0.256 e. The van der Waals surface area contributed by atoms with Gasteiger partial charge in [-0.1, -0.05) is 0 Å². The number of nitrogens with zero attached hydrogens (tertiary/aromatic N) is 4. The van der Waals surface area contributed by atoms with Gasteiger partial charge in [0.05, 0.1) is 30.5 Å². The van der Waals surface area contributed by atoms with Gasteiger partial charge in [0.25, 0.3) is 5.91 Å². The van der Waals surface area contributed by atoms with E-state index in [0.29, 0.717) is 46.8 Å². The second-order valence-corrected chi connectivity index (χ2v) is 11.5. The molecule has 3 heterocycles. The minimum Gasteiger partial charge on any atom is -0.493 e. The van der Waals surface area contributed by atoms with E-state index in [2.05, 4.69) is 10.4 Å². The summed E-state index contributed by atoms with van der Waals surface area (Å²) in [4.78, 5) is 17.9. The molecule has 1 amide bonds. The lowest BCUT2D eigenvalue weighted by molar-refractivity contribution is 0.102. The number of rotatable bonds is 8. The van der Waals surface area contributed by atoms with E-state index in [-0.39, 0.29) is 10.8 Å². The number of aromatic nitrogens is 3. The van der Waals surface area contributed by atoms with Crippen molar-refractivity contribution in [2.45, 2.75) is 24.7 Å². The van der Waals surface area contributed by atoms with E-state index in [4.69, 9.17) is 14.5 Å². The predicted octanol–water partition coefficient (Wildman–Crippen LogP) is 4.36. The molecule has 0 spiro atoms. The number of nitrogens with one attached hydrogen (secondary N) is 1. The molecule has 0 atom stereocenters. The molecule has 1 fully saturated rings. The van der Waals surface area contributed by atoms with Crippen molar-refractivity contribution in [3.8, 4) is 27.9 Å². The number of thiazole rings is 1. The van der Waals surface area contributed by atoms with Crippen molar-refractivity contribution in [1.82, 2.24) is 19.1 Å². The van der Waals surface area contributed by atoms with Gasteiger partial charge in [0.1, 0.15) is 5.82 Å². The normalized spacial score (nSPS) is 14.0. The summed E-state index contributed by atoms with van der Waals surface area (Å²) in [5.41, 5.74) is 2.62. The number of ether oxygens (including phenoxy) is 2. The molecule has 5 rings (SSSR count). The van der Waals surface area contributed by atoms with Crippen LogP contribution in [0, 0.1) is 6.92 Å². The quantitative estimate of drug-likeness (QED) is 0.345. The fourth-order valence-electron chi connectivity index (χ4n) is 4.27. The average molecular weight is 554 g/mol. The first-order valence-electron chi connectivity index (χ1n) is 12.0. The van der Waals surface area contributed by atoms with E-state index in [0.717, 1.165) is 24.1 Å². The lowest BCUT2D eigenvalue weighted by atomic mass is 10.1. The van der Waals surface area contributed by atoms with Crippen molar-refractivity contribution in [2.24, 2.45) is 0 Å². The van der Waals surface area contributed by atoms with Crippen LogP contribution in [0.25, 0.3) is 16.4 Å². The molecule has 2 aromatic heterocycles. The van der Waals surface area contributed by atoms with Crippen molar-refractivity contribution in [1.29, 1.82) is 0 Å². The third kappa shape index (κ3) is 5.02. The molecule has 0 bridgehead atoms. The third-order valence-corrected chi connectivity index (χ3v) is 8.97. The van der Waals surface area contributed by atoms with E-state index in [1.165, 1.54) is 39.9 Å². The number of carbonyl (C=O) groups excluding carboxylic acids is 1. The van der Waals surface area contributed by atoms with Crippen LogP contribution in [0.1, 0.15) is 28.9 Å². The van der Waals surface area contributed by atoms with Crippen LogP contribution in [0.3, 0.4) is 0 Å². The van der Waals surface area contributed by atoms with E-state index in [1.54, 1.807) is 25.0 Å². The first-order valence-corrected chi connectivity index (χ1v) is 14.3. The van der Waals surface area contributed by atoms with Gasteiger partial charge < -0.3 is 14.8 Å². The van der Waals surface area contributed by atoms with Crippen molar-refractivity contribution >= 4 is 33.1 Å². The van der Waals surface area contributed by atoms with Crippen molar-refractivity contribution in [3.05, 3.63) is 65.2 Å². The van der Waals surface area contributed by atoms with Crippen LogP contribution in [0.15, 0.2) is 58.8 Å². The molecule has 1 aliphatic heterocycles. The fourth-order valence-corrected chi connectivity index (χ4v) is 6.58. The molecular weight excluding hydrogens is 526 g/mol. The molecule has 0 saturated carbocycles. The fraction of sp³-hybridized carbons (Fsp3) is 0.269. The maximum atomic E-state index is 13.0. The number of sulfonamides is 1. The Labute approximate surface area is 224 Å². The topological polar surface area (TPSA) is 116 Å². The SMILES string of the molecule is COc1ccc(-c2csc(-n3nc(C)cc3NC(=O)c3ccc(S(=O)(=O)N4CCCC4)cc3)n2)cc1OC. The maximum Gasteiger partial charge on any atom is 0.256 e. The molecule has 0 aliphatic carbocycles. The lowest BCUT2D eigenvalue weighted by Crippen LogP contribution is -2.27. The Bertz CT molecular complexity index is 1570. The second kappa shape index (κ2) is 10.6. The molecule has 1 aliphatic rings. The Morgan fingerprint density at radius 2 is 1.71 bits per heavy atom. The van der Waals surface area contributed by atoms with E-state index in [1.807, 2.05) is 30.5 Å². The summed E-state index contributed by atoms with van der Waals surface area (Å²) in [6, 6.07) is 13.3. The number of aryl methyl sites for hydroxylation is 1. The minimum absolute atomic E-state index is 0.183. The molecule has 1 saturated heterocycles. The first-order chi connectivity index (χ1) is 18.3. The van der Waals surface area contributed by atoms with Crippen molar-refractivity contribution < 1.29 is 22.7 Å². The minimum atomic E-state index is -3.54. The van der Waals surface area contributed by atoms with Crippen molar-refractivity contribution in [2.75, 3.05) is 32.6 Å². The van der Waals surface area contributed by atoms with Gasteiger partial charge in [0.2, 0.25) is 15.2 Å². The highest BCUT2D eigenvalue weighted by Gasteiger charge is 2.27. The Morgan fingerprint density at radius 3 is 2.39 bits per heavy atom. The molecule has 1 N–H and O–H groups in total. The highest BCUT2D eigenvalue weighted by atomic mass is 32.2. The Morgan fingerprint density at radius 1 is 1.00 bits per heavy atom. The number of hydrogen-bond donors (Lipinski definition) is 1. The Kier molecular flexibility index (Phi) is 7.19. The summed E-state index contributed by atoms with van der Waals surface area (Å²) in [5.74, 6) is 1.30. The van der Waals surface area contributed by atoms with Crippen LogP contribution in [-0.2, 0) is 10.0 Å². The zero-order valence-corrected chi connectivity index (χ0v) is 22.8. The van der Waals surface area contributed by atoms with Gasteiger partial charge in [-0.2, -0.15) is 14.1 Å². The largest absolute Gasteiger partial charge is 0.493 e. The summed E-state index contributed by atoms with van der Waals surface area (Å²) in [6.45, 7) is 2.88. The van der Waals surface area contributed by atoms with Crippen LogP contribution < -0.4 is 14.8 Å². The van der Waals surface area contributed by atoms with E-state index >= 15 is 0 Å². The van der Waals surface area contributed by atoms with Gasteiger partial charge in [0, 0.05) is 35.7 Å². The number of methoxy groups -OCH3 is 2. The van der Waals surface area contributed by atoms with Gasteiger partial charge in [-0.05, 0) is 62.2 Å². The van der Waals surface area contributed by atoms with Gasteiger partial charge in [-0.15, -0.1) is 11.3 Å². The van der Waals surface area contributed by atoms with Gasteiger partial charge in [-0.25, -0.2) is 13.4 Å². The van der Waals surface area contributed by atoms with E-state index in [9.17, 15) is 13.2 Å². The summed E-state index contributed by atoms with van der Waals surface area (Å²) < 4.78 is 39.3. The van der Waals surface area contributed by atoms with Crippen LogP contribution in [0.2, 0.25) is 0 Å². The van der Waals surface area contributed by atoms with Crippen molar-refractivity contribution in [3.63, 3.8) is 0 Å². The molecule has 4 aromatic rings. The molecule has 10 nitrogen and oxygen atoms in total. The predicted molar refractivity (Wildman–Crippen MR) is 145 cm³/mol. The van der Waals surface area contributed by atoms with Gasteiger partial charge in [0.15, 0.2) is 11.5 Å². The maximum absolute atomic E-state index is 13.0. The number of benzene rings is 2. The molecule has 38 heavy (non-hydrogen) atoms. The van der Waals surface area contributed by atoms with Gasteiger partial charge in [-0.3, -0.25) is 4.79 Å². The lowest BCUT2D eigenvalue weighted by Gasteiger charge is -2.15. The molecule has 12 heteroatoms. The molecule has 0 radical (unpaired) electrons. The van der Waals surface area contributed by atoms with Crippen LogP contribution in [0.5, 0.6) is 11.5 Å². The molecule has 2 aromatic carbocycles. The second-order valence-electron chi connectivity index (χ2n) is 8.76. The third-order valence-electron chi connectivity index (χ3n) is 6.24. The standard InChI is InChI=1S/C26H27N5O5S2/c1-17-14-24(28-25(32)18-6-9-20(10-7-18)38(33,34)30-12-4-5-13-30)31(29-17)26-27-21(16-37-26)19-8-11-22(35-2)23(15-19)36-3/h6-11,14-16H,4-5,12-13H2,1-3H3,(H,28,32). The van der Waals surface area contributed by atoms with E-state index < -0.39 is 10.0 Å². The molecule has 198 valence electrons.